The lowest BCUT2D eigenvalue weighted by molar-refractivity contribution is -0.384. The van der Waals surface area contributed by atoms with Crippen molar-refractivity contribution in [1.82, 2.24) is 0 Å². The van der Waals surface area contributed by atoms with Gasteiger partial charge in [-0.25, -0.2) is 0 Å². The number of fused-ring (bicyclic) bond motifs is 1. The van der Waals surface area contributed by atoms with Crippen molar-refractivity contribution < 1.29 is 14.5 Å². The van der Waals surface area contributed by atoms with Crippen LogP contribution in [-0.4, -0.2) is 28.9 Å². The molecule has 21 heavy (non-hydrogen) atoms. The molecule has 3 rings (SSSR count). The summed E-state index contributed by atoms with van der Waals surface area (Å²) in [6.07, 6.45) is 0.619. The Morgan fingerprint density at radius 3 is 2.90 bits per heavy atom. The normalized spacial score (nSPS) is 24.0. The Balaban J connectivity index is 2.08. The zero-order valence-electron chi connectivity index (χ0n) is 11.4. The maximum Gasteiger partial charge on any atom is 0.316 e. The quantitative estimate of drug-likeness (QED) is 0.483. The number of ether oxygens (including phenoxy) is 1. The van der Waals surface area contributed by atoms with Crippen LogP contribution in [0.1, 0.15) is 24.8 Å². The second-order valence-corrected chi connectivity index (χ2v) is 4.95. The Morgan fingerprint density at radius 1 is 1.38 bits per heavy atom. The first kappa shape index (κ1) is 13.4. The summed E-state index contributed by atoms with van der Waals surface area (Å²) in [6, 6.07) is 6.31. The highest BCUT2D eigenvalue weighted by Gasteiger charge is 2.44. The lowest BCUT2D eigenvalue weighted by atomic mass is 9.79. The highest BCUT2D eigenvalue weighted by atomic mass is 16.6. The van der Waals surface area contributed by atoms with Crippen molar-refractivity contribution in [3.8, 4) is 0 Å². The Kier molecular flexibility index (Phi) is 3.25. The van der Waals surface area contributed by atoms with Gasteiger partial charge < -0.3 is 4.74 Å². The fourth-order valence-electron chi connectivity index (χ4n) is 2.77. The number of carbonyl (C=O) groups excluding carboxylic acids is 1. The first-order valence-electron chi connectivity index (χ1n) is 6.66. The predicted molar refractivity (Wildman–Crippen MR) is 75.4 cm³/mol. The molecule has 2 aliphatic rings. The third-order valence-electron chi connectivity index (χ3n) is 3.78. The van der Waals surface area contributed by atoms with E-state index in [1.807, 2.05) is 6.92 Å². The van der Waals surface area contributed by atoms with Crippen molar-refractivity contribution >= 4 is 23.1 Å². The van der Waals surface area contributed by atoms with Crippen LogP contribution < -0.4 is 0 Å². The van der Waals surface area contributed by atoms with Crippen LogP contribution in [0.25, 0.3) is 0 Å². The highest BCUT2D eigenvalue weighted by molar-refractivity contribution is 6.14. The molecule has 0 radical (unpaired) electrons. The third kappa shape index (κ3) is 2.20. The van der Waals surface area contributed by atoms with Gasteiger partial charge in [0.15, 0.2) is 0 Å². The van der Waals surface area contributed by atoms with E-state index in [-0.39, 0.29) is 24.2 Å². The van der Waals surface area contributed by atoms with Crippen molar-refractivity contribution in [3.63, 3.8) is 0 Å². The molecule has 0 N–H and O–H groups in total. The van der Waals surface area contributed by atoms with Gasteiger partial charge in [0.1, 0.15) is 12.5 Å². The zero-order valence-corrected chi connectivity index (χ0v) is 11.4. The summed E-state index contributed by atoms with van der Waals surface area (Å²) in [5.41, 5.74) is 2.02. The fraction of sp³-hybridized carbons (Fsp3) is 0.357. The smallest absolute Gasteiger partial charge is 0.316 e. The molecule has 2 atom stereocenters. The third-order valence-corrected chi connectivity index (χ3v) is 3.78. The largest absolute Gasteiger partial charge is 0.459 e. The molecule has 0 amide bonds. The maximum atomic E-state index is 12.0. The Morgan fingerprint density at radius 2 is 2.19 bits per heavy atom. The molecule has 1 aromatic rings. The summed E-state index contributed by atoms with van der Waals surface area (Å²) < 4.78 is 5.05. The molecule has 2 heterocycles. The van der Waals surface area contributed by atoms with Gasteiger partial charge in [-0.15, -0.1) is 0 Å². The Hall–Kier alpha value is -2.57. The van der Waals surface area contributed by atoms with E-state index in [1.54, 1.807) is 12.1 Å². The minimum Gasteiger partial charge on any atom is -0.459 e. The van der Waals surface area contributed by atoms with E-state index < -0.39 is 10.8 Å². The number of rotatable bonds is 3. The molecule has 0 saturated carbocycles. The Labute approximate surface area is 120 Å². The van der Waals surface area contributed by atoms with E-state index in [2.05, 4.69) is 10.2 Å². The van der Waals surface area contributed by atoms with Crippen molar-refractivity contribution in [2.24, 2.45) is 16.1 Å². The minimum absolute atomic E-state index is 0.00150. The molecule has 2 unspecified atom stereocenters. The standard InChI is InChI=1S/C14H13N3O4/c1-2-10-12(8-4-3-5-9(6-8)17(19)20)13-11(16-15-10)7-21-14(13)18/h3-6,12-13H,2,7H2,1H3. The molecule has 7 nitrogen and oxygen atoms in total. The van der Waals surface area contributed by atoms with Crippen molar-refractivity contribution in [1.29, 1.82) is 0 Å². The average molecular weight is 287 g/mol. The Bertz CT molecular complexity index is 681. The molecular formula is C14H13N3O4. The van der Waals surface area contributed by atoms with Crippen molar-refractivity contribution in [2.45, 2.75) is 19.3 Å². The van der Waals surface area contributed by atoms with Crippen LogP contribution in [0.5, 0.6) is 0 Å². The van der Waals surface area contributed by atoms with Crippen molar-refractivity contribution in [2.75, 3.05) is 6.61 Å². The molecule has 108 valence electrons. The molecule has 0 aliphatic carbocycles. The second-order valence-electron chi connectivity index (χ2n) is 4.95. The summed E-state index contributed by atoms with van der Waals surface area (Å²) in [5.74, 6) is -1.19. The lowest BCUT2D eigenvalue weighted by Crippen LogP contribution is -2.32. The van der Waals surface area contributed by atoms with E-state index >= 15 is 0 Å². The average Bonchev–Trinajstić information content (AvgIpc) is 2.88. The van der Waals surface area contributed by atoms with Gasteiger partial charge in [0.2, 0.25) is 0 Å². The number of hydrogen-bond acceptors (Lipinski definition) is 6. The lowest BCUT2D eigenvalue weighted by Gasteiger charge is -2.24. The summed E-state index contributed by atoms with van der Waals surface area (Å²) in [4.78, 5) is 22.5. The molecular weight excluding hydrogens is 274 g/mol. The van der Waals surface area contributed by atoms with Crippen LogP contribution in [0.4, 0.5) is 5.69 Å². The van der Waals surface area contributed by atoms with Gasteiger partial charge >= 0.3 is 5.97 Å². The van der Waals surface area contributed by atoms with Gasteiger partial charge in [-0.2, -0.15) is 10.2 Å². The van der Waals surface area contributed by atoms with E-state index in [0.29, 0.717) is 17.7 Å². The van der Waals surface area contributed by atoms with Gasteiger partial charge in [0.05, 0.1) is 10.6 Å². The molecule has 2 aliphatic heterocycles. The monoisotopic (exact) mass is 287 g/mol. The molecule has 1 aromatic carbocycles. The molecule has 0 bridgehead atoms. The van der Waals surface area contributed by atoms with E-state index in [0.717, 1.165) is 5.71 Å². The van der Waals surface area contributed by atoms with E-state index in [1.165, 1.54) is 12.1 Å². The number of nitro groups is 1. The predicted octanol–water partition coefficient (Wildman–Crippen LogP) is 2.07. The highest BCUT2D eigenvalue weighted by Crippen LogP contribution is 2.36. The summed E-state index contributed by atoms with van der Waals surface area (Å²) in [5, 5.41) is 19.2. The fourth-order valence-corrected chi connectivity index (χ4v) is 2.77. The van der Waals surface area contributed by atoms with Gasteiger partial charge in [0.25, 0.3) is 5.69 Å². The van der Waals surface area contributed by atoms with Crippen LogP contribution >= 0.6 is 0 Å². The van der Waals surface area contributed by atoms with Crippen LogP contribution in [-0.2, 0) is 9.53 Å². The van der Waals surface area contributed by atoms with Crippen LogP contribution in [0, 0.1) is 16.0 Å². The summed E-state index contributed by atoms with van der Waals surface area (Å²) >= 11 is 0. The number of non-ortho nitro benzene ring substituents is 1. The zero-order chi connectivity index (χ0) is 15.0. The van der Waals surface area contributed by atoms with E-state index in [4.69, 9.17) is 4.74 Å². The number of carbonyl (C=O) groups is 1. The van der Waals surface area contributed by atoms with Gasteiger partial charge in [-0.3, -0.25) is 14.9 Å². The van der Waals surface area contributed by atoms with Crippen LogP contribution in [0.15, 0.2) is 34.5 Å². The topological polar surface area (TPSA) is 94.2 Å². The van der Waals surface area contributed by atoms with Gasteiger partial charge in [-0.05, 0) is 12.0 Å². The molecule has 1 saturated heterocycles. The second kappa shape index (κ2) is 5.08. The van der Waals surface area contributed by atoms with Crippen LogP contribution in [0.3, 0.4) is 0 Å². The van der Waals surface area contributed by atoms with E-state index in [9.17, 15) is 14.9 Å². The number of cyclic esters (lactones) is 1. The first-order chi connectivity index (χ1) is 10.1. The SMILES string of the molecule is CCC1=NN=C2COC(=O)C2C1c1cccc([N+](=O)[O-])c1. The number of nitrogens with zero attached hydrogens (tertiary/aromatic N) is 3. The maximum absolute atomic E-state index is 12.0. The summed E-state index contributed by atoms with van der Waals surface area (Å²) in [6.45, 7) is 2.07. The number of esters is 1. The van der Waals surface area contributed by atoms with Gasteiger partial charge in [0, 0.05) is 23.8 Å². The molecule has 1 fully saturated rings. The molecule has 0 spiro atoms. The number of hydrogen-bond donors (Lipinski definition) is 0. The first-order valence-corrected chi connectivity index (χ1v) is 6.66. The number of nitro benzene ring substituents is 1. The van der Waals surface area contributed by atoms with Gasteiger partial charge in [-0.1, -0.05) is 19.1 Å². The van der Waals surface area contributed by atoms with Crippen LogP contribution in [0.2, 0.25) is 0 Å². The number of benzene rings is 1. The molecule has 0 aromatic heterocycles. The summed E-state index contributed by atoms with van der Waals surface area (Å²) in [7, 11) is 0. The van der Waals surface area contributed by atoms with Crippen molar-refractivity contribution in [3.05, 3.63) is 39.9 Å². The minimum atomic E-state index is -0.514. The molecule has 7 heteroatoms.